The molecule has 1 aromatic carbocycles. The zero-order valence-corrected chi connectivity index (χ0v) is 28.3. The molecule has 2 rings (SSSR count). The highest BCUT2D eigenvalue weighted by molar-refractivity contribution is 5.91. The minimum absolute atomic E-state index is 0.0322. The molecule has 0 aromatic heterocycles. The molecule has 3 amide bonds. The predicted octanol–water partition coefficient (Wildman–Crippen LogP) is 2.99. The van der Waals surface area contributed by atoms with Gasteiger partial charge in [-0.05, 0) is 44.3 Å². The molecule has 1 aromatic rings. The second-order valence-corrected chi connectivity index (χ2v) is 12.8. The summed E-state index contributed by atoms with van der Waals surface area (Å²) in [5.74, 6) is 2.80. The number of likely N-dealkylation sites (N-methyl/N-ethyl adjacent to an activating group) is 2. The van der Waals surface area contributed by atoms with Gasteiger partial charge in [0.15, 0.2) is 0 Å². The van der Waals surface area contributed by atoms with E-state index in [1.165, 1.54) is 0 Å². The van der Waals surface area contributed by atoms with Crippen molar-refractivity contribution in [1.82, 2.24) is 20.4 Å². The van der Waals surface area contributed by atoms with Gasteiger partial charge >= 0.3 is 0 Å². The Morgan fingerprint density at radius 1 is 0.978 bits per heavy atom. The lowest BCUT2D eigenvalue weighted by Gasteiger charge is -2.34. The lowest BCUT2D eigenvalue weighted by atomic mass is 9.82. The highest BCUT2D eigenvalue weighted by Gasteiger charge is 2.36. The fourth-order valence-corrected chi connectivity index (χ4v) is 6.04. The van der Waals surface area contributed by atoms with Crippen LogP contribution in [0.3, 0.4) is 0 Å². The first-order chi connectivity index (χ1) is 22.0. The molecule has 0 bridgehead atoms. The summed E-state index contributed by atoms with van der Waals surface area (Å²) in [5.41, 5.74) is 0.895. The number of hydrogen-bond donors (Lipinski definition) is 4. The summed E-state index contributed by atoms with van der Waals surface area (Å²) >= 11 is 0. The van der Waals surface area contributed by atoms with Crippen LogP contribution in [-0.4, -0.2) is 95.8 Å². The minimum Gasteiger partial charge on any atom is -0.389 e. The molecule has 6 unspecified atom stereocenters. The van der Waals surface area contributed by atoms with Crippen molar-refractivity contribution in [3.63, 3.8) is 0 Å². The Labute approximate surface area is 276 Å². The van der Waals surface area contributed by atoms with Crippen molar-refractivity contribution < 1.29 is 24.6 Å². The van der Waals surface area contributed by atoms with Crippen LogP contribution in [0.25, 0.3) is 0 Å². The van der Waals surface area contributed by atoms with E-state index in [2.05, 4.69) is 27.4 Å². The smallest absolute Gasteiger partial charge is 0.244 e. The van der Waals surface area contributed by atoms with E-state index in [0.29, 0.717) is 32.4 Å². The van der Waals surface area contributed by atoms with Gasteiger partial charge in [0.2, 0.25) is 17.7 Å². The first-order valence-corrected chi connectivity index (χ1v) is 16.9. The maximum atomic E-state index is 13.9. The molecule has 0 spiro atoms. The van der Waals surface area contributed by atoms with Gasteiger partial charge in [0, 0.05) is 38.9 Å². The van der Waals surface area contributed by atoms with Gasteiger partial charge < -0.3 is 30.6 Å². The van der Waals surface area contributed by atoms with Crippen LogP contribution in [0, 0.1) is 42.4 Å². The van der Waals surface area contributed by atoms with E-state index in [1.807, 2.05) is 51.2 Å². The van der Waals surface area contributed by atoms with Gasteiger partial charge in [-0.3, -0.25) is 14.4 Å². The average Bonchev–Trinajstić information content (AvgIpc) is 3.06. The van der Waals surface area contributed by atoms with Crippen molar-refractivity contribution in [2.45, 2.75) is 102 Å². The molecule has 46 heavy (non-hydrogen) atoms. The van der Waals surface area contributed by atoms with Gasteiger partial charge in [0.1, 0.15) is 12.1 Å². The van der Waals surface area contributed by atoms with E-state index in [0.717, 1.165) is 44.2 Å². The number of amides is 3. The number of terminal acetylenes is 2. The SMILES string of the molecule is C#CCC(O)C(O)C(CC1CCCCC1)NC(=O)C(NC(=O)C(CC(=O)N(C)CCN(C)CC)Cc1ccccc1)C(C#C)CC. The molecule has 1 aliphatic rings. The quantitative estimate of drug-likeness (QED) is 0.173. The zero-order valence-electron chi connectivity index (χ0n) is 28.3. The molecule has 1 fully saturated rings. The third-order valence-electron chi connectivity index (χ3n) is 9.31. The van der Waals surface area contributed by atoms with Gasteiger partial charge in [-0.2, -0.15) is 0 Å². The largest absolute Gasteiger partial charge is 0.389 e. The number of aliphatic hydroxyl groups is 2. The van der Waals surface area contributed by atoms with Crippen LogP contribution in [0.1, 0.15) is 77.2 Å². The van der Waals surface area contributed by atoms with Crippen molar-refractivity contribution in [2.75, 3.05) is 33.7 Å². The summed E-state index contributed by atoms with van der Waals surface area (Å²) in [4.78, 5) is 44.9. The van der Waals surface area contributed by atoms with Gasteiger partial charge in [0.05, 0.1) is 18.1 Å². The van der Waals surface area contributed by atoms with Gasteiger partial charge in [0.25, 0.3) is 0 Å². The number of hydrogen-bond acceptors (Lipinski definition) is 6. The average molecular weight is 637 g/mol. The van der Waals surface area contributed by atoms with Crippen molar-refractivity contribution in [1.29, 1.82) is 0 Å². The van der Waals surface area contributed by atoms with Crippen LogP contribution in [-0.2, 0) is 20.8 Å². The number of nitrogens with zero attached hydrogens (tertiary/aromatic N) is 2. The molecular formula is C37H56N4O5. The van der Waals surface area contributed by atoms with Crippen LogP contribution in [0.4, 0.5) is 0 Å². The summed E-state index contributed by atoms with van der Waals surface area (Å²) in [6.45, 7) is 5.99. The molecule has 254 valence electrons. The molecule has 0 saturated heterocycles. The van der Waals surface area contributed by atoms with Crippen molar-refractivity contribution in [3.05, 3.63) is 35.9 Å². The summed E-state index contributed by atoms with van der Waals surface area (Å²) < 4.78 is 0. The fourth-order valence-electron chi connectivity index (χ4n) is 6.04. The Bertz CT molecular complexity index is 1160. The lowest BCUT2D eigenvalue weighted by Crippen LogP contribution is -2.57. The standard InChI is InChI=1S/C37H56N4O5/c1-7-17-32(42)35(44)31(25-28-20-15-12-16-21-28)38-37(46)34(29(8-2)9-3)39-36(45)30(24-27-18-13-11-14-19-27)26-33(43)41(6)23-22-40(5)10-4/h1-2,11,13-14,18-19,28-32,34-35,42,44H,9-10,12,15-17,20-26H2,3-6H3,(H,38,46)(H,39,45). The van der Waals surface area contributed by atoms with E-state index in [9.17, 15) is 24.6 Å². The normalized spacial score (nSPS) is 17.4. The molecule has 4 N–H and O–H groups in total. The third-order valence-corrected chi connectivity index (χ3v) is 9.31. The molecule has 0 heterocycles. The number of benzene rings is 1. The lowest BCUT2D eigenvalue weighted by molar-refractivity contribution is -0.137. The Morgan fingerprint density at radius 3 is 2.24 bits per heavy atom. The van der Waals surface area contributed by atoms with E-state index in [-0.39, 0.29) is 24.7 Å². The second kappa shape index (κ2) is 20.7. The topological polar surface area (TPSA) is 122 Å². The first kappa shape index (κ1) is 38.8. The van der Waals surface area contributed by atoms with E-state index in [1.54, 1.807) is 11.9 Å². The van der Waals surface area contributed by atoms with Gasteiger partial charge in [-0.15, -0.1) is 24.7 Å². The van der Waals surface area contributed by atoms with Crippen LogP contribution >= 0.6 is 0 Å². The van der Waals surface area contributed by atoms with Crippen molar-refractivity contribution >= 4 is 17.7 Å². The number of rotatable bonds is 19. The summed E-state index contributed by atoms with van der Waals surface area (Å²) in [5, 5.41) is 27.5. The van der Waals surface area contributed by atoms with Crippen LogP contribution in [0.5, 0.6) is 0 Å². The number of aliphatic hydroxyl groups excluding tert-OH is 2. The Morgan fingerprint density at radius 2 is 1.65 bits per heavy atom. The molecular weight excluding hydrogens is 580 g/mol. The first-order valence-electron chi connectivity index (χ1n) is 16.9. The maximum Gasteiger partial charge on any atom is 0.244 e. The molecule has 6 atom stereocenters. The Kier molecular flexibility index (Phi) is 17.5. The van der Waals surface area contributed by atoms with Gasteiger partial charge in [-0.1, -0.05) is 76.3 Å². The predicted molar refractivity (Wildman–Crippen MR) is 182 cm³/mol. The number of carbonyl (C=O) groups excluding carboxylic acids is 3. The number of nitrogens with one attached hydrogen (secondary N) is 2. The molecule has 0 radical (unpaired) electrons. The molecule has 0 aliphatic heterocycles. The van der Waals surface area contributed by atoms with Crippen molar-refractivity contribution in [2.24, 2.45) is 17.8 Å². The van der Waals surface area contributed by atoms with E-state index >= 15 is 0 Å². The summed E-state index contributed by atoms with van der Waals surface area (Å²) in [7, 11) is 3.72. The Balaban J connectivity index is 2.30. The fraction of sp³-hybridized carbons (Fsp3) is 0.649. The molecule has 9 nitrogen and oxygen atoms in total. The maximum absolute atomic E-state index is 13.9. The third kappa shape index (κ3) is 12.8. The molecule has 9 heteroatoms. The van der Waals surface area contributed by atoms with E-state index < -0.39 is 47.9 Å². The molecule has 1 aliphatic carbocycles. The Hall–Kier alpha value is -3.37. The second-order valence-electron chi connectivity index (χ2n) is 12.8. The van der Waals surface area contributed by atoms with Crippen LogP contribution < -0.4 is 10.6 Å². The molecule has 1 saturated carbocycles. The minimum atomic E-state index is -1.28. The number of carbonyl (C=O) groups is 3. The highest BCUT2D eigenvalue weighted by atomic mass is 16.3. The van der Waals surface area contributed by atoms with Crippen molar-refractivity contribution in [3.8, 4) is 24.7 Å². The monoisotopic (exact) mass is 636 g/mol. The van der Waals surface area contributed by atoms with Crippen LogP contribution in [0.15, 0.2) is 30.3 Å². The summed E-state index contributed by atoms with van der Waals surface area (Å²) in [6, 6.07) is 7.59. The van der Waals surface area contributed by atoms with E-state index in [4.69, 9.17) is 12.8 Å². The zero-order chi connectivity index (χ0) is 34.1. The highest BCUT2D eigenvalue weighted by Crippen LogP contribution is 2.29. The van der Waals surface area contributed by atoms with Crippen LogP contribution in [0.2, 0.25) is 0 Å². The summed E-state index contributed by atoms with van der Waals surface area (Å²) in [6.07, 6.45) is 15.1. The van der Waals surface area contributed by atoms with Gasteiger partial charge in [-0.25, -0.2) is 0 Å².